The highest BCUT2D eigenvalue weighted by Gasteiger charge is 2.09. The molecule has 1 aromatic heterocycles. The van der Waals surface area contributed by atoms with E-state index in [0.29, 0.717) is 4.99 Å². The Morgan fingerprint density at radius 2 is 2.19 bits per heavy atom. The van der Waals surface area contributed by atoms with Crippen molar-refractivity contribution in [3.63, 3.8) is 0 Å². The van der Waals surface area contributed by atoms with Gasteiger partial charge in [-0.05, 0) is 31.7 Å². The van der Waals surface area contributed by atoms with Crippen molar-refractivity contribution in [3.8, 4) is 5.75 Å². The maximum absolute atomic E-state index is 5.68. The molecule has 0 radical (unpaired) electrons. The number of hydrogen-bond acceptors (Lipinski definition) is 5. The third kappa shape index (κ3) is 4.23. The summed E-state index contributed by atoms with van der Waals surface area (Å²) in [7, 11) is 3.70. The third-order valence-corrected chi connectivity index (χ3v) is 4.12. The lowest BCUT2D eigenvalue weighted by molar-refractivity contribution is 0.315. The van der Waals surface area contributed by atoms with Crippen molar-refractivity contribution < 1.29 is 4.74 Å². The number of benzene rings is 1. The van der Waals surface area contributed by atoms with Gasteiger partial charge in [-0.3, -0.25) is 4.90 Å². The van der Waals surface area contributed by atoms with Crippen molar-refractivity contribution in [1.29, 1.82) is 0 Å². The molecule has 112 valence electrons. The summed E-state index contributed by atoms with van der Waals surface area (Å²) in [5, 5.41) is 3.20. The molecule has 0 unspecified atom stereocenters. The van der Waals surface area contributed by atoms with Crippen molar-refractivity contribution in [2.24, 2.45) is 5.73 Å². The Bertz CT molecular complexity index is 640. The average molecular weight is 321 g/mol. The fraction of sp³-hybridized carbons (Fsp3) is 0.333. The van der Waals surface area contributed by atoms with E-state index in [-0.39, 0.29) is 0 Å². The summed E-state index contributed by atoms with van der Waals surface area (Å²) in [6, 6.07) is 5.93. The van der Waals surface area contributed by atoms with Gasteiger partial charge in [-0.25, -0.2) is 4.98 Å². The normalized spacial score (nSPS) is 10.9. The zero-order valence-corrected chi connectivity index (χ0v) is 14.1. The third-order valence-electron chi connectivity index (χ3n) is 3.08. The van der Waals surface area contributed by atoms with Crippen LogP contribution in [0.5, 0.6) is 5.75 Å². The molecule has 6 heteroatoms. The first-order chi connectivity index (χ1) is 9.99. The minimum atomic E-state index is 0.352. The van der Waals surface area contributed by atoms with Gasteiger partial charge in [0.1, 0.15) is 10.7 Å². The molecule has 1 heterocycles. The van der Waals surface area contributed by atoms with Gasteiger partial charge < -0.3 is 10.5 Å². The molecule has 1 aromatic carbocycles. The highest BCUT2D eigenvalue weighted by atomic mass is 32.1. The predicted octanol–water partition coefficient (Wildman–Crippen LogP) is 2.73. The van der Waals surface area contributed by atoms with E-state index in [0.717, 1.165) is 40.7 Å². The molecule has 2 rings (SSSR count). The lowest BCUT2D eigenvalue weighted by Crippen LogP contribution is -2.18. The number of hydrogen-bond donors (Lipinski definition) is 1. The lowest BCUT2D eigenvalue weighted by atomic mass is 10.1. The van der Waals surface area contributed by atoms with Crippen LogP contribution in [0.4, 0.5) is 0 Å². The fourth-order valence-corrected chi connectivity index (χ4v) is 2.93. The van der Waals surface area contributed by atoms with Crippen LogP contribution in [0.25, 0.3) is 0 Å². The van der Waals surface area contributed by atoms with Crippen LogP contribution in [0.15, 0.2) is 23.6 Å². The molecule has 0 atom stereocenters. The molecular formula is C15H19N3OS2. The maximum atomic E-state index is 5.68. The van der Waals surface area contributed by atoms with Gasteiger partial charge in [0.05, 0.1) is 23.4 Å². The van der Waals surface area contributed by atoms with Crippen LogP contribution in [0, 0.1) is 6.92 Å². The zero-order valence-electron chi connectivity index (χ0n) is 12.4. The van der Waals surface area contributed by atoms with Crippen LogP contribution in [-0.4, -0.2) is 29.0 Å². The number of aryl methyl sites for hydroxylation is 1. The van der Waals surface area contributed by atoms with E-state index in [4.69, 9.17) is 22.7 Å². The van der Waals surface area contributed by atoms with Gasteiger partial charge in [-0.2, -0.15) is 0 Å². The molecule has 0 aliphatic heterocycles. The van der Waals surface area contributed by atoms with E-state index in [2.05, 4.69) is 22.3 Å². The summed E-state index contributed by atoms with van der Waals surface area (Å²) in [6.45, 7) is 3.65. The first kappa shape index (κ1) is 15.9. The Morgan fingerprint density at radius 3 is 2.76 bits per heavy atom. The van der Waals surface area contributed by atoms with Crippen molar-refractivity contribution in [2.45, 2.75) is 20.0 Å². The topological polar surface area (TPSA) is 51.4 Å². The summed E-state index contributed by atoms with van der Waals surface area (Å²) in [5.74, 6) is 0.720. The lowest BCUT2D eigenvalue weighted by Gasteiger charge is -2.17. The molecule has 0 bridgehead atoms. The minimum absolute atomic E-state index is 0.352. The molecule has 0 aliphatic carbocycles. The van der Waals surface area contributed by atoms with Gasteiger partial charge in [0.2, 0.25) is 0 Å². The molecule has 0 saturated heterocycles. The summed E-state index contributed by atoms with van der Waals surface area (Å²) in [6.07, 6.45) is 0. The molecular weight excluding hydrogens is 302 g/mol. The van der Waals surface area contributed by atoms with Crippen molar-refractivity contribution in [2.75, 3.05) is 14.2 Å². The standard InChI is InChI=1S/C15H19N3OS2/c1-10-17-12(9-21-10)8-18(2)7-11-4-5-13(15(16)20)14(6-11)19-3/h4-6,9H,7-8H2,1-3H3,(H2,16,20). The monoisotopic (exact) mass is 321 g/mol. The Balaban J connectivity index is 2.06. The number of nitrogens with two attached hydrogens (primary N) is 1. The van der Waals surface area contributed by atoms with Gasteiger partial charge in [-0.15, -0.1) is 11.3 Å². The van der Waals surface area contributed by atoms with Crippen molar-refractivity contribution in [1.82, 2.24) is 9.88 Å². The number of methoxy groups -OCH3 is 1. The molecule has 0 saturated carbocycles. The van der Waals surface area contributed by atoms with Crippen LogP contribution in [-0.2, 0) is 13.1 Å². The van der Waals surface area contributed by atoms with Gasteiger partial charge in [-0.1, -0.05) is 18.3 Å². The van der Waals surface area contributed by atoms with E-state index >= 15 is 0 Å². The summed E-state index contributed by atoms with van der Waals surface area (Å²) in [5.41, 5.74) is 8.71. The Kier molecular flexibility index (Phi) is 5.27. The zero-order chi connectivity index (χ0) is 15.4. The molecule has 0 fully saturated rings. The van der Waals surface area contributed by atoms with Gasteiger partial charge in [0.25, 0.3) is 0 Å². The molecule has 0 spiro atoms. The van der Waals surface area contributed by atoms with Crippen LogP contribution >= 0.6 is 23.6 Å². The summed E-state index contributed by atoms with van der Waals surface area (Å²) >= 11 is 6.69. The van der Waals surface area contributed by atoms with Crippen LogP contribution < -0.4 is 10.5 Å². The van der Waals surface area contributed by atoms with Crippen molar-refractivity contribution in [3.05, 3.63) is 45.4 Å². The highest BCUT2D eigenvalue weighted by molar-refractivity contribution is 7.80. The molecule has 2 N–H and O–H groups in total. The highest BCUT2D eigenvalue weighted by Crippen LogP contribution is 2.21. The van der Waals surface area contributed by atoms with E-state index in [1.54, 1.807) is 18.4 Å². The molecule has 0 aliphatic rings. The largest absolute Gasteiger partial charge is 0.496 e. The van der Waals surface area contributed by atoms with Crippen molar-refractivity contribution >= 4 is 28.5 Å². The Morgan fingerprint density at radius 1 is 1.43 bits per heavy atom. The van der Waals surface area contributed by atoms with Crippen LogP contribution in [0.2, 0.25) is 0 Å². The Labute approximate surface area is 134 Å². The number of rotatable bonds is 6. The van der Waals surface area contributed by atoms with E-state index in [1.165, 1.54) is 0 Å². The quantitative estimate of drug-likeness (QED) is 0.829. The fourth-order valence-electron chi connectivity index (χ4n) is 2.16. The molecule has 4 nitrogen and oxygen atoms in total. The van der Waals surface area contributed by atoms with E-state index < -0.39 is 0 Å². The minimum Gasteiger partial charge on any atom is -0.496 e. The summed E-state index contributed by atoms with van der Waals surface area (Å²) < 4.78 is 5.35. The van der Waals surface area contributed by atoms with E-state index in [9.17, 15) is 0 Å². The molecule has 0 amide bonds. The molecule has 2 aromatic rings. The molecule has 21 heavy (non-hydrogen) atoms. The van der Waals surface area contributed by atoms with Gasteiger partial charge in [0.15, 0.2) is 0 Å². The maximum Gasteiger partial charge on any atom is 0.129 e. The second-order valence-corrected chi connectivity index (χ2v) is 6.43. The second-order valence-electron chi connectivity index (χ2n) is 4.93. The number of thiazole rings is 1. The number of aromatic nitrogens is 1. The van der Waals surface area contributed by atoms with Crippen LogP contribution in [0.1, 0.15) is 21.8 Å². The first-order valence-corrected chi connectivity index (χ1v) is 7.84. The number of ether oxygens (including phenoxy) is 1. The SMILES string of the molecule is COc1cc(CN(C)Cc2csc(C)n2)ccc1C(N)=S. The summed E-state index contributed by atoms with van der Waals surface area (Å²) in [4.78, 5) is 7.05. The van der Waals surface area contributed by atoms with E-state index in [1.807, 2.05) is 25.1 Å². The predicted molar refractivity (Wildman–Crippen MR) is 90.9 cm³/mol. The van der Waals surface area contributed by atoms with Crippen LogP contribution in [0.3, 0.4) is 0 Å². The smallest absolute Gasteiger partial charge is 0.129 e. The second kappa shape index (κ2) is 6.98. The average Bonchev–Trinajstić information content (AvgIpc) is 2.83. The van der Waals surface area contributed by atoms with Gasteiger partial charge in [0, 0.05) is 18.5 Å². The number of thiocarbonyl (C=S) groups is 1. The first-order valence-electron chi connectivity index (χ1n) is 6.56. The van der Waals surface area contributed by atoms with Gasteiger partial charge >= 0.3 is 0 Å². The number of nitrogens with zero attached hydrogens (tertiary/aromatic N) is 2. The Hall–Kier alpha value is -1.50.